The molecule has 7 heteroatoms. The van der Waals surface area contributed by atoms with Crippen LogP contribution in [0.2, 0.25) is 5.02 Å². The summed E-state index contributed by atoms with van der Waals surface area (Å²) in [6.45, 7) is -0.0647. The lowest BCUT2D eigenvalue weighted by Crippen LogP contribution is -2.28. The Labute approximate surface area is 101 Å². The molecule has 0 spiro atoms. The second-order valence-electron chi connectivity index (χ2n) is 3.72. The van der Waals surface area contributed by atoms with Crippen molar-refractivity contribution in [3.05, 3.63) is 32.8 Å². The molecule has 1 aliphatic rings. The third-order valence-electron chi connectivity index (χ3n) is 2.55. The highest BCUT2D eigenvalue weighted by molar-refractivity contribution is 6.31. The quantitative estimate of drug-likeness (QED) is 0.645. The van der Waals surface area contributed by atoms with Crippen molar-refractivity contribution in [3.63, 3.8) is 0 Å². The Bertz CT molecular complexity index is 502. The monoisotopic (exact) mass is 257 g/mol. The summed E-state index contributed by atoms with van der Waals surface area (Å²) in [6, 6.07) is 2.69. The molecule has 0 aliphatic carbocycles. The molecule has 1 atom stereocenters. The topological polar surface area (TPSA) is 89.7 Å². The SMILES string of the molecule is O=C(O)C1COc2c(cc(Cl)cc2[N+](=O)[O-])C1. The lowest BCUT2D eigenvalue weighted by atomic mass is 9.96. The van der Waals surface area contributed by atoms with E-state index in [0.29, 0.717) is 5.56 Å². The normalized spacial score (nSPS) is 18.1. The molecule has 0 saturated carbocycles. The standard InChI is InChI=1S/C10H8ClNO5/c11-7-2-5-1-6(10(13)14)4-17-9(5)8(3-7)12(15)16/h2-3,6H,1,4H2,(H,13,14). The van der Waals surface area contributed by atoms with Crippen molar-refractivity contribution in [2.45, 2.75) is 6.42 Å². The van der Waals surface area contributed by atoms with Gasteiger partial charge in [-0.1, -0.05) is 11.6 Å². The lowest BCUT2D eigenvalue weighted by molar-refractivity contribution is -0.386. The predicted octanol–water partition coefficient (Wildman–Crippen LogP) is 1.88. The van der Waals surface area contributed by atoms with E-state index in [1.54, 1.807) is 0 Å². The first-order valence-corrected chi connectivity index (χ1v) is 5.19. The van der Waals surface area contributed by atoms with Gasteiger partial charge < -0.3 is 9.84 Å². The molecule has 0 fully saturated rings. The highest BCUT2D eigenvalue weighted by Crippen LogP contribution is 2.38. The van der Waals surface area contributed by atoms with Crippen LogP contribution in [0.3, 0.4) is 0 Å². The molecule has 6 nitrogen and oxygen atoms in total. The summed E-state index contributed by atoms with van der Waals surface area (Å²) in [5.74, 6) is -1.56. The predicted molar refractivity (Wildman–Crippen MR) is 58.4 cm³/mol. The van der Waals surface area contributed by atoms with Crippen molar-refractivity contribution in [2.24, 2.45) is 5.92 Å². The molecule has 1 aliphatic heterocycles. The first-order valence-electron chi connectivity index (χ1n) is 4.81. The first-order chi connectivity index (χ1) is 7.99. The summed E-state index contributed by atoms with van der Waals surface area (Å²) < 4.78 is 5.16. The Morgan fingerprint density at radius 2 is 2.29 bits per heavy atom. The van der Waals surface area contributed by atoms with Gasteiger partial charge >= 0.3 is 11.7 Å². The van der Waals surface area contributed by atoms with Gasteiger partial charge in [0.05, 0.1) is 10.8 Å². The number of carboxylic acids is 1. The number of carboxylic acid groups (broad SMARTS) is 1. The van der Waals surface area contributed by atoms with Crippen LogP contribution in [-0.2, 0) is 11.2 Å². The second-order valence-corrected chi connectivity index (χ2v) is 4.16. The van der Waals surface area contributed by atoms with Crippen LogP contribution in [0.15, 0.2) is 12.1 Å². The maximum Gasteiger partial charge on any atom is 0.312 e. The van der Waals surface area contributed by atoms with Gasteiger partial charge in [0.2, 0.25) is 5.75 Å². The Balaban J connectivity index is 2.45. The van der Waals surface area contributed by atoms with Crippen LogP contribution in [0.4, 0.5) is 5.69 Å². The summed E-state index contributed by atoms with van der Waals surface area (Å²) in [6.07, 6.45) is 0.187. The van der Waals surface area contributed by atoms with Crippen LogP contribution in [0.5, 0.6) is 5.75 Å². The van der Waals surface area contributed by atoms with E-state index in [4.69, 9.17) is 21.4 Å². The number of hydrogen-bond donors (Lipinski definition) is 1. The maximum absolute atomic E-state index is 10.8. The van der Waals surface area contributed by atoms with E-state index in [0.717, 1.165) is 0 Å². The number of benzene rings is 1. The number of hydrogen-bond acceptors (Lipinski definition) is 4. The van der Waals surface area contributed by atoms with Crippen molar-refractivity contribution in [1.82, 2.24) is 0 Å². The number of halogens is 1. The third kappa shape index (κ3) is 2.16. The lowest BCUT2D eigenvalue weighted by Gasteiger charge is -2.22. The van der Waals surface area contributed by atoms with E-state index in [1.165, 1.54) is 12.1 Å². The van der Waals surface area contributed by atoms with Crippen LogP contribution >= 0.6 is 11.6 Å². The highest BCUT2D eigenvalue weighted by atomic mass is 35.5. The zero-order valence-electron chi connectivity index (χ0n) is 8.55. The van der Waals surface area contributed by atoms with E-state index < -0.39 is 16.8 Å². The van der Waals surface area contributed by atoms with Gasteiger partial charge in [0.25, 0.3) is 0 Å². The number of carbonyl (C=O) groups is 1. The van der Waals surface area contributed by atoms with Gasteiger partial charge in [0.15, 0.2) is 0 Å². The number of aliphatic carboxylic acids is 1. The van der Waals surface area contributed by atoms with Gasteiger partial charge in [0.1, 0.15) is 6.61 Å². The van der Waals surface area contributed by atoms with Crippen LogP contribution in [0.1, 0.15) is 5.56 Å². The summed E-state index contributed by atoms with van der Waals surface area (Å²) in [5.41, 5.74) is 0.235. The summed E-state index contributed by atoms with van der Waals surface area (Å²) in [4.78, 5) is 21.0. The maximum atomic E-state index is 10.8. The number of rotatable bonds is 2. The molecule has 0 saturated heterocycles. The minimum atomic E-state index is -0.988. The average Bonchev–Trinajstić information content (AvgIpc) is 2.26. The number of ether oxygens (including phenoxy) is 1. The molecule has 1 N–H and O–H groups in total. The number of nitrogens with zero attached hydrogens (tertiary/aromatic N) is 1. The van der Waals surface area contributed by atoms with Crippen LogP contribution in [-0.4, -0.2) is 22.6 Å². The van der Waals surface area contributed by atoms with Crippen molar-refractivity contribution in [3.8, 4) is 5.75 Å². The molecule has 1 aromatic rings. The van der Waals surface area contributed by atoms with Gasteiger partial charge in [-0.25, -0.2) is 0 Å². The molecule has 0 amide bonds. The first kappa shape index (κ1) is 11.7. The number of nitro benzene ring substituents is 1. The van der Waals surface area contributed by atoms with Crippen LogP contribution in [0.25, 0.3) is 0 Å². The average molecular weight is 258 g/mol. The Kier molecular flexibility index (Phi) is 2.89. The second kappa shape index (κ2) is 4.21. The van der Waals surface area contributed by atoms with Crippen molar-refractivity contribution < 1.29 is 19.6 Å². The zero-order chi connectivity index (χ0) is 12.6. The largest absolute Gasteiger partial charge is 0.486 e. The molecule has 90 valence electrons. The number of nitro groups is 1. The van der Waals surface area contributed by atoms with Gasteiger partial charge in [-0.2, -0.15) is 0 Å². The molecule has 1 aromatic carbocycles. The van der Waals surface area contributed by atoms with Gasteiger partial charge in [0, 0.05) is 16.7 Å². The van der Waals surface area contributed by atoms with Crippen LogP contribution < -0.4 is 4.74 Å². The van der Waals surface area contributed by atoms with E-state index in [1.807, 2.05) is 0 Å². The fourth-order valence-electron chi connectivity index (χ4n) is 1.76. The smallest absolute Gasteiger partial charge is 0.312 e. The molecule has 1 unspecified atom stereocenters. The minimum absolute atomic E-state index is 0.0647. The molecule has 2 rings (SSSR count). The van der Waals surface area contributed by atoms with Gasteiger partial charge in [-0.15, -0.1) is 0 Å². The van der Waals surface area contributed by atoms with Crippen LogP contribution in [0, 0.1) is 16.0 Å². The van der Waals surface area contributed by atoms with E-state index in [-0.39, 0.29) is 29.5 Å². The van der Waals surface area contributed by atoms with Crippen molar-refractivity contribution >= 4 is 23.3 Å². The van der Waals surface area contributed by atoms with Crippen molar-refractivity contribution in [1.29, 1.82) is 0 Å². The Morgan fingerprint density at radius 1 is 1.59 bits per heavy atom. The molecule has 0 aromatic heterocycles. The summed E-state index contributed by atoms with van der Waals surface area (Å²) in [7, 11) is 0. The van der Waals surface area contributed by atoms with E-state index in [2.05, 4.69) is 0 Å². The van der Waals surface area contributed by atoms with E-state index >= 15 is 0 Å². The summed E-state index contributed by atoms with van der Waals surface area (Å²) >= 11 is 5.75. The molecule has 1 heterocycles. The molecule has 0 radical (unpaired) electrons. The van der Waals surface area contributed by atoms with Crippen molar-refractivity contribution in [2.75, 3.05) is 6.61 Å². The molecular weight excluding hydrogens is 250 g/mol. The third-order valence-corrected chi connectivity index (χ3v) is 2.77. The molecule has 17 heavy (non-hydrogen) atoms. The zero-order valence-corrected chi connectivity index (χ0v) is 9.31. The Morgan fingerprint density at radius 3 is 2.88 bits per heavy atom. The van der Waals surface area contributed by atoms with Gasteiger partial charge in [-0.05, 0) is 12.5 Å². The van der Waals surface area contributed by atoms with E-state index in [9.17, 15) is 14.9 Å². The minimum Gasteiger partial charge on any atom is -0.486 e. The highest BCUT2D eigenvalue weighted by Gasteiger charge is 2.31. The fraction of sp³-hybridized carbons (Fsp3) is 0.300. The number of fused-ring (bicyclic) bond motifs is 1. The fourth-order valence-corrected chi connectivity index (χ4v) is 1.99. The molecular formula is C10H8ClNO5. The molecule has 0 bridgehead atoms. The Hall–Kier alpha value is -1.82. The summed E-state index contributed by atoms with van der Waals surface area (Å²) in [5, 5.41) is 19.9. The van der Waals surface area contributed by atoms with Gasteiger partial charge in [-0.3, -0.25) is 14.9 Å².